The lowest BCUT2D eigenvalue weighted by atomic mass is 10.1. The van der Waals surface area contributed by atoms with Crippen molar-refractivity contribution >= 4 is 0 Å². The number of aliphatic hydroxyl groups excluding tert-OH is 1. The number of hydrogen-bond donors (Lipinski definition) is 2. The molecule has 1 aliphatic rings. The van der Waals surface area contributed by atoms with Crippen LogP contribution >= 0.6 is 0 Å². The third kappa shape index (κ3) is 2.55. The van der Waals surface area contributed by atoms with Crippen LogP contribution in [0, 0.1) is 0 Å². The van der Waals surface area contributed by atoms with Crippen LogP contribution in [-0.4, -0.2) is 22.2 Å². The van der Waals surface area contributed by atoms with E-state index in [1.807, 2.05) is 18.2 Å². The molecule has 1 aliphatic carbocycles. The van der Waals surface area contributed by atoms with Crippen molar-refractivity contribution < 1.29 is 5.11 Å². The van der Waals surface area contributed by atoms with Crippen LogP contribution in [0.25, 0.3) is 0 Å². The highest BCUT2D eigenvalue weighted by atomic mass is 16.3. The molecule has 0 bridgehead atoms. The molecule has 0 amide bonds. The summed E-state index contributed by atoms with van der Waals surface area (Å²) >= 11 is 0. The Morgan fingerprint density at radius 1 is 1.47 bits per heavy atom. The smallest absolute Gasteiger partial charge is 0.0693 e. The second kappa shape index (κ2) is 4.73. The van der Waals surface area contributed by atoms with Crippen LogP contribution < -0.4 is 5.32 Å². The second-order valence-electron chi connectivity index (χ2n) is 4.25. The van der Waals surface area contributed by atoms with E-state index < -0.39 is 0 Å². The zero-order valence-electron chi connectivity index (χ0n) is 9.06. The molecule has 1 aromatic heterocycles. The monoisotopic (exact) mass is 206 g/mol. The van der Waals surface area contributed by atoms with Gasteiger partial charge in [0.1, 0.15) is 0 Å². The Hall–Kier alpha value is -0.930. The Morgan fingerprint density at radius 2 is 2.33 bits per heavy atom. The Kier molecular flexibility index (Phi) is 3.34. The first-order valence-electron chi connectivity index (χ1n) is 5.62. The third-order valence-electron chi connectivity index (χ3n) is 3.07. The maximum absolute atomic E-state index is 9.70. The first-order chi connectivity index (χ1) is 7.27. The Labute approximate surface area is 90.5 Å². The number of aromatic nitrogens is 1. The van der Waals surface area contributed by atoms with Gasteiger partial charge in [-0.1, -0.05) is 6.07 Å². The number of pyridine rings is 1. The average molecular weight is 206 g/mol. The molecular formula is C12H18N2O. The third-order valence-corrected chi connectivity index (χ3v) is 3.07. The van der Waals surface area contributed by atoms with E-state index >= 15 is 0 Å². The van der Waals surface area contributed by atoms with Crippen LogP contribution in [0.2, 0.25) is 0 Å². The van der Waals surface area contributed by atoms with Crippen molar-refractivity contribution in [3.63, 3.8) is 0 Å². The van der Waals surface area contributed by atoms with E-state index in [0.717, 1.165) is 25.0 Å². The van der Waals surface area contributed by atoms with Crippen LogP contribution in [0.15, 0.2) is 24.4 Å². The van der Waals surface area contributed by atoms with Gasteiger partial charge in [0.25, 0.3) is 0 Å². The first-order valence-corrected chi connectivity index (χ1v) is 5.62. The second-order valence-corrected chi connectivity index (χ2v) is 4.25. The molecule has 1 saturated carbocycles. The van der Waals surface area contributed by atoms with Crippen LogP contribution in [0.3, 0.4) is 0 Å². The maximum Gasteiger partial charge on any atom is 0.0693 e. The first kappa shape index (κ1) is 10.6. The van der Waals surface area contributed by atoms with Crippen molar-refractivity contribution in [1.82, 2.24) is 10.3 Å². The lowest BCUT2D eigenvalue weighted by Gasteiger charge is -2.21. The summed E-state index contributed by atoms with van der Waals surface area (Å²) in [4.78, 5) is 4.30. The lowest BCUT2D eigenvalue weighted by molar-refractivity contribution is 0.143. The number of nitrogens with one attached hydrogen (secondary N) is 1. The van der Waals surface area contributed by atoms with Crippen LogP contribution in [0.4, 0.5) is 0 Å². The van der Waals surface area contributed by atoms with Gasteiger partial charge in [-0.2, -0.15) is 0 Å². The van der Waals surface area contributed by atoms with E-state index in [4.69, 9.17) is 0 Å². The molecule has 2 rings (SSSR count). The highest BCUT2D eigenvalue weighted by Crippen LogP contribution is 2.21. The molecule has 0 aromatic carbocycles. The van der Waals surface area contributed by atoms with Gasteiger partial charge in [-0.25, -0.2) is 0 Å². The van der Waals surface area contributed by atoms with Crippen LogP contribution in [0.1, 0.15) is 37.9 Å². The highest BCUT2D eigenvalue weighted by Gasteiger charge is 2.26. The van der Waals surface area contributed by atoms with Gasteiger partial charge in [-0.15, -0.1) is 0 Å². The maximum atomic E-state index is 9.70. The van der Waals surface area contributed by atoms with Gasteiger partial charge in [-0.3, -0.25) is 4.98 Å². The standard InChI is InChI=1S/C12H18N2O/c1-9(10-5-2-3-8-13-10)14-11-6-4-7-12(11)15/h2-3,5,8-9,11-12,14-15H,4,6-7H2,1H3/t9-,11-,12-/m1/s1. The molecule has 0 unspecified atom stereocenters. The molecule has 3 nitrogen and oxygen atoms in total. The van der Waals surface area contributed by atoms with Gasteiger partial charge in [-0.05, 0) is 38.3 Å². The lowest BCUT2D eigenvalue weighted by Crippen LogP contribution is -2.37. The predicted molar refractivity (Wildman–Crippen MR) is 59.4 cm³/mol. The Morgan fingerprint density at radius 3 is 2.93 bits per heavy atom. The van der Waals surface area contributed by atoms with E-state index in [-0.39, 0.29) is 18.2 Å². The van der Waals surface area contributed by atoms with E-state index in [1.54, 1.807) is 6.20 Å². The molecule has 15 heavy (non-hydrogen) atoms. The van der Waals surface area contributed by atoms with Crippen molar-refractivity contribution in [1.29, 1.82) is 0 Å². The fourth-order valence-electron chi connectivity index (χ4n) is 2.17. The van der Waals surface area contributed by atoms with E-state index in [2.05, 4.69) is 17.2 Å². The van der Waals surface area contributed by atoms with Crippen LogP contribution in [-0.2, 0) is 0 Å². The van der Waals surface area contributed by atoms with Crippen molar-refractivity contribution in [3.8, 4) is 0 Å². The molecule has 1 fully saturated rings. The number of aliphatic hydroxyl groups is 1. The molecule has 3 atom stereocenters. The topological polar surface area (TPSA) is 45.1 Å². The summed E-state index contributed by atoms with van der Waals surface area (Å²) in [6.07, 6.45) is 4.73. The van der Waals surface area contributed by atoms with Crippen molar-refractivity contribution in [3.05, 3.63) is 30.1 Å². The highest BCUT2D eigenvalue weighted by molar-refractivity contribution is 5.08. The van der Waals surface area contributed by atoms with E-state index in [1.165, 1.54) is 0 Å². The number of rotatable bonds is 3. The Bertz CT molecular complexity index is 302. The number of nitrogens with zero attached hydrogens (tertiary/aromatic N) is 1. The molecule has 1 aromatic rings. The van der Waals surface area contributed by atoms with Crippen LogP contribution in [0.5, 0.6) is 0 Å². The summed E-state index contributed by atoms with van der Waals surface area (Å²) in [5.41, 5.74) is 1.04. The zero-order valence-corrected chi connectivity index (χ0v) is 9.06. The predicted octanol–water partition coefficient (Wildman–Crippen LogP) is 1.65. The average Bonchev–Trinajstić information content (AvgIpc) is 2.66. The van der Waals surface area contributed by atoms with Gasteiger partial charge in [0.05, 0.1) is 11.8 Å². The Balaban J connectivity index is 1.95. The summed E-state index contributed by atoms with van der Waals surface area (Å²) in [6, 6.07) is 6.37. The van der Waals surface area contributed by atoms with Gasteiger partial charge < -0.3 is 10.4 Å². The minimum absolute atomic E-state index is 0.184. The largest absolute Gasteiger partial charge is 0.392 e. The van der Waals surface area contributed by atoms with Gasteiger partial charge in [0, 0.05) is 18.3 Å². The van der Waals surface area contributed by atoms with Crippen molar-refractivity contribution in [2.75, 3.05) is 0 Å². The van der Waals surface area contributed by atoms with Crippen molar-refractivity contribution in [2.24, 2.45) is 0 Å². The van der Waals surface area contributed by atoms with Gasteiger partial charge >= 0.3 is 0 Å². The van der Waals surface area contributed by atoms with Gasteiger partial charge in [0.2, 0.25) is 0 Å². The summed E-state index contributed by atoms with van der Waals surface area (Å²) in [7, 11) is 0. The van der Waals surface area contributed by atoms with Crippen molar-refractivity contribution in [2.45, 2.75) is 44.4 Å². The summed E-state index contributed by atoms with van der Waals surface area (Å²) in [5.74, 6) is 0. The summed E-state index contributed by atoms with van der Waals surface area (Å²) < 4.78 is 0. The fourth-order valence-corrected chi connectivity index (χ4v) is 2.17. The number of hydrogen-bond acceptors (Lipinski definition) is 3. The molecule has 82 valence electrons. The van der Waals surface area contributed by atoms with E-state index in [9.17, 15) is 5.11 Å². The summed E-state index contributed by atoms with van der Waals surface area (Å²) in [5, 5.41) is 13.1. The molecule has 0 saturated heterocycles. The SMILES string of the molecule is C[C@@H](N[C@@H]1CCC[C@H]1O)c1ccccn1. The van der Waals surface area contributed by atoms with E-state index in [0.29, 0.717) is 0 Å². The minimum atomic E-state index is -0.184. The molecule has 2 N–H and O–H groups in total. The molecule has 0 aliphatic heterocycles. The molecule has 1 heterocycles. The normalized spacial score (nSPS) is 27.9. The molecule has 3 heteroatoms. The molecular weight excluding hydrogens is 188 g/mol. The molecule has 0 spiro atoms. The molecule has 0 radical (unpaired) electrons. The summed E-state index contributed by atoms with van der Waals surface area (Å²) in [6.45, 7) is 2.09. The minimum Gasteiger partial charge on any atom is -0.392 e. The fraction of sp³-hybridized carbons (Fsp3) is 0.583. The quantitative estimate of drug-likeness (QED) is 0.790. The van der Waals surface area contributed by atoms with Gasteiger partial charge in [0.15, 0.2) is 0 Å². The zero-order chi connectivity index (χ0) is 10.7.